The lowest BCUT2D eigenvalue weighted by atomic mass is 10.1. The number of furan rings is 1. The van der Waals surface area contributed by atoms with Gasteiger partial charge in [-0.3, -0.25) is 9.59 Å². The van der Waals surface area contributed by atoms with Crippen LogP contribution in [0.2, 0.25) is 5.02 Å². The number of anilines is 1. The summed E-state index contributed by atoms with van der Waals surface area (Å²) >= 11 is 5.91. The first-order chi connectivity index (χ1) is 11.0. The zero-order valence-electron chi connectivity index (χ0n) is 12.7. The minimum Gasteiger partial charge on any atom is -0.467 e. The average Bonchev–Trinajstić information content (AvgIpc) is 3.13. The van der Waals surface area contributed by atoms with Crippen LogP contribution in [0.4, 0.5) is 5.69 Å². The molecule has 1 N–H and O–H groups in total. The lowest BCUT2D eigenvalue weighted by molar-refractivity contribution is -0.128. The van der Waals surface area contributed by atoms with Gasteiger partial charge >= 0.3 is 0 Å². The Morgan fingerprint density at radius 1 is 1.43 bits per heavy atom. The first-order valence-electron chi connectivity index (χ1n) is 7.40. The summed E-state index contributed by atoms with van der Waals surface area (Å²) in [6.45, 7) is 2.68. The van der Waals surface area contributed by atoms with Crippen LogP contribution in [-0.2, 0) is 16.1 Å². The number of rotatable bonds is 4. The predicted octanol–water partition coefficient (Wildman–Crippen LogP) is 3.23. The van der Waals surface area contributed by atoms with Crippen LogP contribution in [0.3, 0.4) is 0 Å². The monoisotopic (exact) mass is 332 g/mol. The molecule has 0 spiro atoms. The zero-order valence-corrected chi connectivity index (χ0v) is 13.5. The molecule has 2 aromatic rings. The van der Waals surface area contributed by atoms with Gasteiger partial charge in [0.25, 0.3) is 0 Å². The van der Waals surface area contributed by atoms with Crippen molar-refractivity contribution in [2.75, 3.05) is 11.9 Å². The van der Waals surface area contributed by atoms with Crippen LogP contribution < -0.4 is 5.32 Å². The van der Waals surface area contributed by atoms with Crippen molar-refractivity contribution < 1.29 is 14.0 Å². The number of amides is 2. The highest BCUT2D eigenvalue weighted by atomic mass is 35.5. The van der Waals surface area contributed by atoms with Crippen molar-refractivity contribution in [2.45, 2.75) is 19.9 Å². The van der Waals surface area contributed by atoms with E-state index in [0.29, 0.717) is 23.9 Å². The topological polar surface area (TPSA) is 62.6 Å². The van der Waals surface area contributed by atoms with E-state index in [0.717, 1.165) is 11.3 Å². The lowest BCUT2D eigenvalue weighted by Crippen LogP contribution is -2.28. The maximum Gasteiger partial charge on any atom is 0.229 e. The minimum atomic E-state index is -0.354. The van der Waals surface area contributed by atoms with Gasteiger partial charge in [-0.2, -0.15) is 0 Å². The molecule has 1 saturated heterocycles. The van der Waals surface area contributed by atoms with E-state index in [1.807, 2.05) is 13.0 Å². The number of nitrogens with zero attached hydrogens (tertiary/aromatic N) is 1. The van der Waals surface area contributed by atoms with Crippen LogP contribution in [-0.4, -0.2) is 23.3 Å². The number of carbonyl (C=O) groups is 2. The second kappa shape index (κ2) is 6.46. The lowest BCUT2D eigenvalue weighted by Gasteiger charge is -2.15. The number of carbonyl (C=O) groups excluding carboxylic acids is 2. The number of benzene rings is 1. The normalized spacial score (nSPS) is 17.6. The van der Waals surface area contributed by atoms with Crippen LogP contribution in [0.25, 0.3) is 0 Å². The van der Waals surface area contributed by atoms with E-state index in [9.17, 15) is 9.59 Å². The summed E-state index contributed by atoms with van der Waals surface area (Å²) in [5.41, 5.74) is 1.61. The molecule has 3 rings (SSSR count). The van der Waals surface area contributed by atoms with Gasteiger partial charge in [-0.1, -0.05) is 11.6 Å². The fourth-order valence-electron chi connectivity index (χ4n) is 2.69. The van der Waals surface area contributed by atoms with Gasteiger partial charge in [0.2, 0.25) is 11.8 Å². The van der Waals surface area contributed by atoms with Gasteiger partial charge in [-0.15, -0.1) is 0 Å². The SMILES string of the molecule is Cc1cc(Cl)ccc1NC(=O)[C@@H]1CC(=O)N(Cc2ccco2)C1. The largest absolute Gasteiger partial charge is 0.467 e. The first-order valence-corrected chi connectivity index (χ1v) is 7.78. The summed E-state index contributed by atoms with van der Waals surface area (Å²) in [5.74, 6) is 0.181. The Morgan fingerprint density at radius 2 is 2.26 bits per heavy atom. The van der Waals surface area contributed by atoms with Crippen LogP contribution in [0, 0.1) is 12.8 Å². The smallest absolute Gasteiger partial charge is 0.229 e. The molecule has 1 fully saturated rings. The van der Waals surface area contributed by atoms with Gasteiger partial charge in [0.1, 0.15) is 5.76 Å². The Hall–Kier alpha value is -2.27. The fourth-order valence-corrected chi connectivity index (χ4v) is 2.92. The van der Waals surface area contributed by atoms with Crippen molar-refractivity contribution >= 4 is 29.1 Å². The molecule has 0 aliphatic carbocycles. The van der Waals surface area contributed by atoms with Crippen molar-refractivity contribution in [1.82, 2.24) is 4.90 Å². The van der Waals surface area contributed by atoms with Gasteiger partial charge in [0, 0.05) is 23.7 Å². The minimum absolute atomic E-state index is 0.0330. The Kier molecular flexibility index (Phi) is 4.39. The number of hydrogen-bond acceptors (Lipinski definition) is 3. The number of hydrogen-bond donors (Lipinski definition) is 1. The summed E-state index contributed by atoms with van der Waals surface area (Å²) in [6, 6.07) is 8.89. The molecular weight excluding hydrogens is 316 g/mol. The molecule has 0 unspecified atom stereocenters. The highest BCUT2D eigenvalue weighted by molar-refractivity contribution is 6.30. The van der Waals surface area contributed by atoms with Gasteiger partial charge in [-0.25, -0.2) is 0 Å². The third-order valence-corrected chi connectivity index (χ3v) is 4.19. The fraction of sp³-hybridized carbons (Fsp3) is 0.294. The Balaban J connectivity index is 1.63. The molecular formula is C17H17ClN2O3. The Labute approximate surface area is 139 Å². The molecule has 0 saturated carbocycles. The van der Waals surface area contributed by atoms with E-state index < -0.39 is 0 Å². The average molecular weight is 333 g/mol. The molecule has 2 amide bonds. The molecule has 1 aliphatic heterocycles. The van der Waals surface area contributed by atoms with Crippen molar-refractivity contribution in [3.05, 3.63) is 52.9 Å². The van der Waals surface area contributed by atoms with Crippen molar-refractivity contribution in [3.63, 3.8) is 0 Å². The van der Waals surface area contributed by atoms with Crippen molar-refractivity contribution in [1.29, 1.82) is 0 Å². The van der Waals surface area contributed by atoms with Gasteiger partial charge < -0.3 is 14.6 Å². The molecule has 1 atom stereocenters. The zero-order chi connectivity index (χ0) is 16.4. The van der Waals surface area contributed by atoms with E-state index in [4.69, 9.17) is 16.0 Å². The summed E-state index contributed by atoms with van der Waals surface area (Å²) < 4.78 is 5.26. The molecule has 1 aromatic carbocycles. The summed E-state index contributed by atoms with van der Waals surface area (Å²) in [4.78, 5) is 26.1. The van der Waals surface area contributed by atoms with Gasteiger partial charge in [-0.05, 0) is 42.8 Å². The molecule has 0 radical (unpaired) electrons. The highest BCUT2D eigenvalue weighted by Crippen LogP contribution is 2.24. The molecule has 2 heterocycles. The molecule has 1 aromatic heterocycles. The van der Waals surface area contributed by atoms with E-state index in [1.54, 1.807) is 35.4 Å². The molecule has 5 nitrogen and oxygen atoms in total. The molecule has 120 valence electrons. The van der Waals surface area contributed by atoms with Crippen LogP contribution in [0.15, 0.2) is 41.0 Å². The molecule has 23 heavy (non-hydrogen) atoms. The molecule has 0 bridgehead atoms. The maximum absolute atomic E-state index is 12.4. The summed E-state index contributed by atoms with van der Waals surface area (Å²) in [6.07, 6.45) is 1.79. The van der Waals surface area contributed by atoms with Crippen molar-refractivity contribution in [3.8, 4) is 0 Å². The van der Waals surface area contributed by atoms with Crippen LogP contribution in [0.5, 0.6) is 0 Å². The predicted molar refractivity (Wildman–Crippen MR) is 87.1 cm³/mol. The van der Waals surface area contributed by atoms with Crippen LogP contribution in [0.1, 0.15) is 17.7 Å². The van der Waals surface area contributed by atoms with Crippen molar-refractivity contribution in [2.24, 2.45) is 5.92 Å². The molecule has 1 aliphatic rings. The second-order valence-corrected chi connectivity index (χ2v) is 6.14. The highest BCUT2D eigenvalue weighted by Gasteiger charge is 2.34. The van der Waals surface area contributed by atoms with E-state index in [2.05, 4.69) is 5.32 Å². The number of aryl methyl sites for hydroxylation is 1. The van der Waals surface area contributed by atoms with Gasteiger partial charge in [0.15, 0.2) is 0 Å². The van der Waals surface area contributed by atoms with Gasteiger partial charge in [0.05, 0.1) is 18.7 Å². The molecule has 6 heteroatoms. The maximum atomic E-state index is 12.4. The summed E-state index contributed by atoms with van der Waals surface area (Å²) in [5, 5.41) is 3.51. The van der Waals surface area contributed by atoms with E-state index in [-0.39, 0.29) is 24.2 Å². The number of likely N-dealkylation sites (tertiary alicyclic amines) is 1. The number of halogens is 1. The standard InChI is InChI=1S/C17H17ClN2O3/c1-11-7-13(18)4-5-15(11)19-17(22)12-8-16(21)20(9-12)10-14-3-2-6-23-14/h2-7,12H,8-10H2,1H3,(H,19,22)/t12-/m1/s1. The van der Waals surface area contributed by atoms with Crippen LogP contribution >= 0.6 is 11.6 Å². The number of nitrogens with one attached hydrogen (secondary N) is 1. The second-order valence-electron chi connectivity index (χ2n) is 5.70. The van der Waals surface area contributed by atoms with E-state index in [1.165, 1.54) is 0 Å². The third-order valence-electron chi connectivity index (χ3n) is 3.96. The Bertz CT molecular complexity index is 727. The quantitative estimate of drug-likeness (QED) is 0.935. The third kappa shape index (κ3) is 3.56. The summed E-state index contributed by atoms with van der Waals surface area (Å²) in [7, 11) is 0. The first kappa shape index (κ1) is 15.6. The Morgan fingerprint density at radius 3 is 2.96 bits per heavy atom. The van der Waals surface area contributed by atoms with E-state index >= 15 is 0 Å².